The highest BCUT2D eigenvalue weighted by Crippen LogP contribution is 2.12. The van der Waals surface area contributed by atoms with Gasteiger partial charge in [-0.05, 0) is 0 Å². The molecule has 0 radical (unpaired) electrons. The number of ether oxygens (including phenoxy) is 2. The molecule has 1 heterocycles. The van der Waals surface area contributed by atoms with E-state index in [1.54, 1.807) is 7.11 Å². The number of hydrogen-bond acceptors (Lipinski definition) is 3. The first kappa shape index (κ1) is 6.99. The molecule has 54 valence electrons. The zero-order valence-electron chi connectivity index (χ0n) is 5.54. The summed E-state index contributed by atoms with van der Waals surface area (Å²) in [5.74, 6) is 0. The third kappa shape index (κ3) is 1.93. The Morgan fingerprint density at radius 3 is 3.00 bits per heavy atom. The molecule has 1 fully saturated rings. The summed E-state index contributed by atoms with van der Waals surface area (Å²) in [6.07, 6.45) is 0.559. The van der Waals surface area contributed by atoms with Gasteiger partial charge >= 0.3 is 0 Å². The highest BCUT2D eigenvalue weighted by molar-refractivity contribution is 4.71. The maximum Gasteiger partial charge on any atom is 0.0835 e. The van der Waals surface area contributed by atoms with E-state index < -0.39 is 0 Å². The van der Waals surface area contributed by atoms with Crippen LogP contribution in [0.15, 0.2) is 0 Å². The predicted molar refractivity (Wildman–Crippen MR) is 32.2 cm³/mol. The fourth-order valence-electron chi connectivity index (χ4n) is 0.989. The summed E-state index contributed by atoms with van der Waals surface area (Å²) in [4.78, 5) is 0. The van der Waals surface area contributed by atoms with Crippen molar-refractivity contribution in [1.29, 1.82) is 0 Å². The van der Waals surface area contributed by atoms with Crippen molar-refractivity contribution in [2.45, 2.75) is 18.6 Å². The van der Waals surface area contributed by atoms with Crippen LogP contribution in [0.5, 0.6) is 0 Å². The van der Waals surface area contributed by atoms with Crippen LogP contribution in [-0.4, -0.2) is 37.6 Å². The Kier molecular flexibility index (Phi) is 2.45. The van der Waals surface area contributed by atoms with Crippen molar-refractivity contribution < 1.29 is 14.6 Å². The van der Waals surface area contributed by atoms with Gasteiger partial charge in [-0.15, -0.1) is 0 Å². The molecule has 0 amide bonds. The van der Waals surface area contributed by atoms with Crippen molar-refractivity contribution in [1.82, 2.24) is 0 Å². The van der Waals surface area contributed by atoms with Gasteiger partial charge in [0, 0.05) is 13.5 Å². The second-order valence-electron chi connectivity index (χ2n) is 2.30. The molecule has 1 saturated heterocycles. The minimum absolute atomic E-state index is 0.116. The van der Waals surface area contributed by atoms with Crippen molar-refractivity contribution in [2.75, 3.05) is 20.3 Å². The van der Waals surface area contributed by atoms with E-state index >= 15 is 0 Å². The van der Waals surface area contributed by atoms with Gasteiger partial charge < -0.3 is 14.6 Å². The summed E-state index contributed by atoms with van der Waals surface area (Å²) < 4.78 is 9.97. The van der Waals surface area contributed by atoms with Gasteiger partial charge in [-0.25, -0.2) is 0 Å². The Bertz CT molecular complexity index is 82.4. The summed E-state index contributed by atoms with van der Waals surface area (Å²) in [5, 5.41) is 8.95. The Hall–Kier alpha value is -0.120. The van der Waals surface area contributed by atoms with E-state index in [0.717, 1.165) is 0 Å². The fourth-order valence-corrected chi connectivity index (χ4v) is 0.989. The molecule has 3 nitrogen and oxygen atoms in total. The van der Waals surface area contributed by atoms with Crippen LogP contribution in [0.3, 0.4) is 0 Å². The Balaban J connectivity index is 2.14. The molecule has 1 rings (SSSR count). The second kappa shape index (κ2) is 3.15. The quantitative estimate of drug-likeness (QED) is 0.564. The van der Waals surface area contributed by atoms with Crippen LogP contribution < -0.4 is 0 Å². The van der Waals surface area contributed by atoms with Crippen LogP contribution in [0, 0.1) is 0 Å². The number of aliphatic hydroxyl groups excluding tert-OH is 1. The lowest BCUT2D eigenvalue weighted by Crippen LogP contribution is -2.12. The van der Waals surface area contributed by atoms with Gasteiger partial charge in [-0.2, -0.15) is 0 Å². The third-order valence-electron chi connectivity index (χ3n) is 1.41. The van der Waals surface area contributed by atoms with Crippen LogP contribution in [-0.2, 0) is 9.47 Å². The fraction of sp³-hybridized carbons (Fsp3) is 1.00. The summed E-state index contributed by atoms with van der Waals surface area (Å²) >= 11 is 0. The smallest absolute Gasteiger partial charge is 0.0835 e. The summed E-state index contributed by atoms with van der Waals surface area (Å²) in [6, 6.07) is 0. The summed E-state index contributed by atoms with van der Waals surface area (Å²) in [7, 11) is 1.63. The summed E-state index contributed by atoms with van der Waals surface area (Å²) in [5.41, 5.74) is 0. The first-order valence-electron chi connectivity index (χ1n) is 3.11. The van der Waals surface area contributed by atoms with E-state index in [9.17, 15) is 0 Å². The topological polar surface area (TPSA) is 38.7 Å². The molecule has 9 heavy (non-hydrogen) atoms. The van der Waals surface area contributed by atoms with E-state index in [1.807, 2.05) is 0 Å². The van der Waals surface area contributed by atoms with Gasteiger partial charge in [0.1, 0.15) is 0 Å². The molecule has 3 heteroatoms. The second-order valence-corrected chi connectivity index (χ2v) is 2.30. The lowest BCUT2D eigenvalue weighted by Gasteiger charge is -2.04. The van der Waals surface area contributed by atoms with Crippen molar-refractivity contribution >= 4 is 0 Å². The van der Waals surface area contributed by atoms with E-state index in [2.05, 4.69) is 0 Å². The van der Waals surface area contributed by atoms with Crippen LogP contribution >= 0.6 is 0 Å². The summed E-state index contributed by atoms with van der Waals surface area (Å²) in [6.45, 7) is 1.06. The number of hydrogen-bond donors (Lipinski definition) is 1. The largest absolute Gasteiger partial charge is 0.391 e. The first-order valence-corrected chi connectivity index (χ1v) is 3.11. The third-order valence-corrected chi connectivity index (χ3v) is 1.41. The van der Waals surface area contributed by atoms with Crippen molar-refractivity contribution in [2.24, 2.45) is 0 Å². The highest BCUT2D eigenvalue weighted by atomic mass is 16.5. The zero-order chi connectivity index (χ0) is 6.69. The van der Waals surface area contributed by atoms with Crippen LogP contribution in [0.1, 0.15) is 6.42 Å². The first-order chi connectivity index (χ1) is 4.33. The predicted octanol–water partition coefficient (Wildman–Crippen LogP) is -0.217. The van der Waals surface area contributed by atoms with E-state index in [1.165, 1.54) is 0 Å². The van der Waals surface area contributed by atoms with Crippen LogP contribution in [0.2, 0.25) is 0 Å². The Morgan fingerprint density at radius 1 is 1.78 bits per heavy atom. The molecule has 0 aliphatic carbocycles. The minimum atomic E-state index is -0.273. The molecule has 1 aliphatic rings. The average Bonchev–Trinajstić information content (AvgIpc) is 2.17. The van der Waals surface area contributed by atoms with Gasteiger partial charge in [0.05, 0.1) is 25.4 Å². The monoisotopic (exact) mass is 132 g/mol. The molecular formula is C6H12O3. The molecule has 0 saturated carbocycles. The molecule has 1 aliphatic heterocycles. The molecule has 2 unspecified atom stereocenters. The van der Waals surface area contributed by atoms with Gasteiger partial charge in [0.15, 0.2) is 0 Å². The van der Waals surface area contributed by atoms with Gasteiger partial charge in [0.2, 0.25) is 0 Å². The normalized spacial score (nSPS) is 35.3. The molecule has 0 bridgehead atoms. The lowest BCUT2D eigenvalue weighted by atomic mass is 10.2. The maximum atomic E-state index is 8.95. The Labute approximate surface area is 54.6 Å². The average molecular weight is 132 g/mol. The molecule has 0 aromatic carbocycles. The number of rotatable bonds is 2. The Morgan fingerprint density at radius 2 is 2.56 bits per heavy atom. The maximum absolute atomic E-state index is 8.95. The van der Waals surface area contributed by atoms with Gasteiger partial charge in [-0.3, -0.25) is 0 Å². The number of aliphatic hydroxyl groups is 1. The molecule has 0 spiro atoms. The molecule has 0 aromatic rings. The molecule has 2 atom stereocenters. The van der Waals surface area contributed by atoms with Crippen molar-refractivity contribution in [3.05, 3.63) is 0 Å². The number of methoxy groups -OCH3 is 1. The van der Waals surface area contributed by atoms with Gasteiger partial charge in [-0.1, -0.05) is 0 Å². The van der Waals surface area contributed by atoms with E-state index in [-0.39, 0.29) is 12.2 Å². The van der Waals surface area contributed by atoms with Crippen molar-refractivity contribution in [3.8, 4) is 0 Å². The molecule has 0 aromatic heterocycles. The van der Waals surface area contributed by atoms with E-state index in [4.69, 9.17) is 14.6 Å². The van der Waals surface area contributed by atoms with Gasteiger partial charge in [0.25, 0.3) is 0 Å². The van der Waals surface area contributed by atoms with E-state index in [0.29, 0.717) is 19.6 Å². The highest BCUT2D eigenvalue weighted by Gasteiger charge is 2.22. The molecular weight excluding hydrogens is 120 g/mol. The minimum Gasteiger partial charge on any atom is -0.391 e. The molecule has 1 N–H and O–H groups in total. The standard InChI is InChI=1S/C6H12O3/c1-8-4-6-2-5(7)3-9-6/h5-7H,2-4H2,1H3. The van der Waals surface area contributed by atoms with Crippen LogP contribution in [0.25, 0.3) is 0 Å². The van der Waals surface area contributed by atoms with Crippen molar-refractivity contribution in [3.63, 3.8) is 0 Å². The lowest BCUT2D eigenvalue weighted by molar-refractivity contribution is 0.0336. The van der Waals surface area contributed by atoms with Crippen LogP contribution in [0.4, 0.5) is 0 Å². The SMILES string of the molecule is COCC1CC(O)CO1. The zero-order valence-corrected chi connectivity index (χ0v) is 5.54.